The first-order valence-corrected chi connectivity index (χ1v) is 6.48. The van der Waals surface area contributed by atoms with Gasteiger partial charge in [0.05, 0.1) is 0 Å². The Balaban J connectivity index is 2.85. The van der Waals surface area contributed by atoms with Crippen molar-refractivity contribution in [3.63, 3.8) is 0 Å². The zero-order valence-electron chi connectivity index (χ0n) is 11.0. The molecule has 0 aromatic rings. The maximum Gasteiger partial charge on any atom is 0.329 e. The average molecular weight is 241 g/mol. The van der Waals surface area contributed by atoms with Crippen LogP contribution in [0.1, 0.15) is 52.9 Å². The lowest BCUT2D eigenvalue weighted by Gasteiger charge is -2.42. The van der Waals surface area contributed by atoms with E-state index in [1.165, 1.54) is 0 Å². The molecule has 0 saturated carbocycles. The number of rotatable bonds is 4. The number of carboxylic acids is 1. The number of nitrogens with zero attached hydrogens (tertiary/aromatic N) is 1. The lowest BCUT2D eigenvalue weighted by molar-refractivity contribution is -0.162. The smallest absolute Gasteiger partial charge is 0.329 e. The molecule has 4 nitrogen and oxygen atoms in total. The summed E-state index contributed by atoms with van der Waals surface area (Å²) < 4.78 is 0. The van der Waals surface area contributed by atoms with Crippen molar-refractivity contribution in [1.29, 1.82) is 0 Å². The molecule has 17 heavy (non-hydrogen) atoms. The van der Waals surface area contributed by atoms with Crippen LogP contribution >= 0.6 is 0 Å². The number of hydrogen-bond donors (Lipinski definition) is 1. The van der Waals surface area contributed by atoms with Gasteiger partial charge in [-0.05, 0) is 32.6 Å². The molecule has 1 fully saturated rings. The molecule has 0 bridgehead atoms. The maximum absolute atomic E-state index is 12.3. The summed E-state index contributed by atoms with van der Waals surface area (Å²) in [5.41, 5.74) is -1.00. The predicted octanol–water partition coefficient (Wildman–Crippen LogP) is 2.28. The number of aliphatic carboxylic acids is 1. The van der Waals surface area contributed by atoms with Gasteiger partial charge in [0.25, 0.3) is 0 Å². The summed E-state index contributed by atoms with van der Waals surface area (Å²) in [4.78, 5) is 25.2. The topological polar surface area (TPSA) is 57.6 Å². The molecule has 1 aliphatic heterocycles. The summed E-state index contributed by atoms with van der Waals surface area (Å²) in [5, 5.41) is 9.33. The van der Waals surface area contributed by atoms with Crippen molar-refractivity contribution in [2.45, 2.75) is 58.4 Å². The molecule has 0 radical (unpaired) electrons. The van der Waals surface area contributed by atoms with Gasteiger partial charge in [0.15, 0.2) is 0 Å². The summed E-state index contributed by atoms with van der Waals surface area (Å²) in [6.45, 7) is 6.18. The van der Waals surface area contributed by atoms with Gasteiger partial charge in [-0.1, -0.05) is 20.3 Å². The van der Waals surface area contributed by atoms with Crippen LogP contribution in [0, 0.1) is 5.92 Å². The first-order valence-electron chi connectivity index (χ1n) is 6.48. The maximum atomic E-state index is 12.3. The van der Waals surface area contributed by atoms with Crippen LogP contribution in [0.15, 0.2) is 0 Å². The highest BCUT2D eigenvalue weighted by molar-refractivity contribution is 5.87. The lowest BCUT2D eigenvalue weighted by atomic mass is 9.87. The lowest BCUT2D eigenvalue weighted by Crippen LogP contribution is -2.58. The van der Waals surface area contributed by atoms with E-state index in [4.69, 9.17) is 0 Å². The number of piperidine rings is 1. The van der Waals surface area contributed by atoms with E-state index in [0.717, 1.165) is 25.7 Å². The quantitative estimate of drug-likeness (QED) is 0.821. The Morgan fingerprint density at radius 1 is 1.41 bits per heavy atom. The van der Waals surface area contributed by atoms with Crippen molar-refractivity contribution < 1.29 is 14.7 Å². The Morgan fingerprint density at radius 2 is 2.06 bits per heavy atom. The van der Waals surface area contributed by atoms with Crippen molar-refractivity contribution in [1.82, 2.24) is 4.90 Å². The van der Waals surface area contributed by atoms with Gasteiger partial charge in [0.2, 0.25) is 5.91 Å². The van der Waals surface area contributed by atoms with Crippen LogP contribution in [-0.2, 0) is 9.59 Å². The molecular weight excluding hydrogens is 218 g/mol. The van der Waals surface area contributed by atoms with Crippen molar-refractivity contribution in [2.75, 3.05) is 6.54 Å². The summed E-state index contributed by atoms with van der Waals surface area (Å²) in [6.07, 6.45) is 4.13. The second kappa shape index (κ2) is 5.52. The minimum absolute atomic E-state index is 0.00329. The minimum Gasteiger partial charge on any atom is -0.480 e. The molecule has 1 amide bonds. The molecule has 0 spiro atoms. The Morgan fingerprint density at radius 3 is 2.59 bits per heavy atom. The van der Waals surface area contributed by atoms with Crippen LogP contribution in [0.25, 0.3) is 0 Å². The van der Waals surface area contributed by atoms with E-state index in [2.05, 4.69) is 0 Å². The molecule has 2 atom stereocenters. The van der Waals surface area contributed by atoms with Crippen LogP contribution in [0.4, 0.5) is 0 Å². The third kappa shape index (κ3) is 2.79. The van der Waals surface area contributed by atoms with Gasteiger partial charge in [-0.25, -0.2) is 4.79 Å². The van der Waals surface area contributed by atoms with E-state index in [-0.39, 0.29) is 11.8 Å². The van der Waals surface area contributed by atoms with Gasteiger partial charge in [-0.2, -0.15) is 0 Å². The van der Waals surface area contributed by atoms with Crippen LogP contribution in [-0.4, -0.2) is 34.0 Å². The van der Waals surface area contributed by atoms with E-state index >= 15 is 0 Å². The Bertz CT molecular complexity index is 303. The third-order valence-corrected chi connectivity index (χ3v) is 3.76. The highest BCUT2D eigenvalue weighted by Gasteiger charge is 2.44. The van der Waals surface area contributed by atoms with Crippen LogP contribution in [0.5, 0.6) is 0 Å². The Kier molecular flexibility index (Phi) is 4.54. The second-order valence-corrected chi connectivity index (χ2v) is 5.22. The minimum atomic E-state index is -1.00. The average Bonchev–Trinajstić information content (AvgIpc) is 2.29. The standard InChI is InChI=1S/C13H23NO3/c1-4-7-10(2)11(15)14-9-6-5-8-13(14,3)12(16)17/h10H,4-9H2,1-3H3,(H,16,17). The molecule has 2 unspecified atom stereocenters. The molecule has 1 rings (SSSR count). The summed E-state index contributed by atoms with van der Waals surface area (Å²) in [7, 11) is 0. The fourth-order valence-corrected chi connectivity index (χ4v) is 2.52. The second-order valence-electron chi connectivity index (χ2n) is 5.22. The number of amides is 1. The number of carbonyl (C=O) groups is 2. The largest absolute Gasteiger partial charge is 0.480 e. The normalized spacial score (nSPS) is 26.6. The van der Waals surface area contributed by atoms with E-state index in [1.54, 1.807) is 11.8 Å². The Hall–Kier alpha value is -1.06. The fourth-order valence-electron chi connectivity index (χ4n) is 2.52. The number of carboxylic acid groups (broad SMARTS) is 1. The highest BCUT2D eigenvalue weighted by Crippen LogP contribution is 2.30. The highest BCUT2D eigenvalue weighted by atomic mass is 16.4. The molecule has 1 heterocycles. The molecule has 4 heteroatoms. The van der Waals surface area contributed by atoms with Gasteiger partial charge in [0.1, 0.15) is 5.54 Å². The van der Waals surface area contributed by atoms with E-state index in [9.17, 15) is 14.7 Å². The summed E-state index contributed by atoms with van der Waals surface area (Å²) in [6, 6.07) is 0. The summed E-state index contributed by atoms with van der Waals surface area (Å²) >= 11 is 0. The molecule has 1 saturated heterocycles. The van der Waals surface area contributed by atoms with Crippen LogP contribution in [0.2, 0.25) is 0 Å². The monoisotopic (exact) mass is 241 g/mol. The van der Waals surface area contributed by atoms with Crippen LogP contribution in [0.3, 0.4) is 0 Å². The first-order chi connectivity index (χ1) is 7.93. The molecule has 1 aliphatic rings. The number of carbonyl (C=O) groups excluding carboxylic acids is 1. The first kappa shape index (κ1) is 14.0. The van der Waals surface area contributed by atoms with Gasteiger partial charge in [-0.15, -0.1) is 0 Å². The van der Waals surface area contributed by atoms with Gasteiger partial charge in [0, 0.05) is 12.5 Å². The number of hydrogen-bond acceptors (Lipinski definition) is 2. The molecular formula is C13H23NO3. The van der Waals surface area contributed by atoms with Crippen molar-refractivity contribution in [3.8, 4) is 0 Å². The van der Waals surface area contributed by atoms with Crippen molar-refractivity contribution in [2.24, 2.45) is 5.92 Å². The van der Waals surface area contributed by atoms with Crippen molar-refractivity contribution >= 4 is 11.9 Å². The van der Waals surface area contributed by atoms with Gasteiger partial charge >= 0.3 is 5.97 Å². The zero-order chi connectivity index (χ0) is 13.1. The fraction of sp³-hybridized carbons (Fsp3) is 0.846. The molecule has 1 N–H and O–H groups in total. The SMILES string of the molecule is CCCC(C)C(=O)N1CCCCC1(C)C(=O)O. The van der Waals surface area contributed by atoms with Gasteiger partial charge < -0.3 is 10.0 Å². The molecule has 98 valence electrons. The van der Waals surface area contributed by atoms with Crippen molar-refractivity contribution in [3.05, 3.63) is 0 Å². The van der Waals surface area contributed by atoms with E-state index < -0.39 is 11.5 Å². The van der Waals surface area contributed by atoms with E-state index in [0.29, 0.717) is 13.0 Å². The molecule has 0 aromatic carbocycles. The molecule has 0 aromatic heterocycles. The van der Waals surface area contributed by atoms with Gasteiger partial charge in [-0.3, -0.25) is 4.79 Å². The van der Waals surface area contributed by atoms with Crippen LogP contribution < -0.4 is 0 Å². The predicted molar refractivity (Wildman–Crippen MR) is 65.7 cm³/mol. The third-order valence-electron chi connectivity index (χ3n) is 3.76. The molecule has 0 aliphatic carbocycles. The Labute approximate surface area is 103 Å². The zero-order valence-corrected chi connectivity index (χ0v) is 11.0. The van der Waals surface area contributed by atoms with E-state index in [1.807, 2.05) is 13.8 Å². The summed E-state index contributed by atoms with van der Waals surface area (Å²) in [5.74, 6) is -0.956. The number of likely N-dealkylation sites (tertiary alicyclic amines) is 1.